The maximum Gasteiger partial charge on any atom is 0.0833 e. The average molecular weight is 245 g/mol. The lowest BCUT2D eigenvalue weighted by atomic mass is 10.1. The van der Waals surface area contributed by atoms with Crippen molar-refractivity contribution in [1.29, 1.82) is 0 Å². The highest BCUT2D eigenvalue weighted by atomic mass is 16.3. The third kappa shape index (κ3) is 2.63. The molecule has 2 N–H and O–H groups in total. The van der Waals surface area contributed by atoms with Crippen LogP contribution in [-0.4, -0.2) is 14.8 Å². The Kier molecular flexibility index (Phi) is 4.18. The molecule has 3 heteroatoms. The molecule has 0 amide bonds. The second-order valence-electron chi connectivity index (χ2n) is 4.54. The van der Waals surface area contributed by atoms with Gasteiger partial charge in [0.25, 0.3) is 0 Å². The maximum absolute atomic E-state index is 9.34. The average Bonchev–Trinajstić information content (AvgIpc) is 2.82. The van der Waals surface area contributed by atoms with Gasteiger partial charge < -0.3 is 14.8 Å². The molecule has 2 aromatic rings. The summed E-state index contributed by atoms with van der Waals surface area (Å²) in [7, 11) is 0. The predicted octanol–water partition coefficient (Wildman–Crippen LogP) is 2.28. The first-order valence-corrected chi connectivity index (χ1v) is 6.21. The highest BCUT2D eigenvalue weighted by molar-refractivity contribution is 5.20. The first kappa shape index (κ1) is 12.9. The van der Waals surface area contributed by atoms with Crippen molar-refractivity contribution in [3.8, 4) is 0 Å². The minimum absolute atomic E-state index is 0.000863. The third-order valence-corrected chi connectivity index (χ3v) is 3.23. The van der Waals surface area contributed by atoms with Crippen LogP contribution < -0.4 is 0 Å². The molecule has 0 aliphatic heterocycles. The SMILES string of the molecule is CC(Cc1ccccc1)n1c(CO)ccc1CO. The van der Waals surface area contributed by atoms with Crippen LogP contribution in [0.1, 0.15) is 29.9 Å². The largest absolute Gasteiger partial charge is 0.390 e. The smallest absolute Gasteiger partial charge is 0.0833 e. The minimum Gasteiger partial charge on any atom is -0.390 e. The van der Waals surface area contributed by atoms with Crippen molar-refractivity contribution in [2.75, 3.05) is 0 Å². The molecule has 3 nitrogen and oxygen atoms in total. The van der Waals surface area contributed by atoms with E-state index in [1.54, 1.807) is 0 Å². The molecule has 0 saturated carbocycles. The van der Waals surface area contributed by atoms with Crippen LogP contribution in [0.3, 0.4) is 0 Å². The summed E-state index contributed by atoms with van der Waals surface area (Å²) in [5.41, 5.74) is 2.96. The zero-order chi connectivity index (χ0) is 13.0. The molecule has 1 aromatic heterocycles. The molecule has 1 atom stereocenters. The van der Waals surface area contributed by atoms with E-state index >= 15 is 0 Å². The molecule has 0 radical (unpaired) electrons. The third-order valence-electron chi connectivity index (χ3n) is 3.23. The molecule has 1 unspecified atom stereocenters. The molecule has 2 rings (SSSR count). The second-order valence-corrected chi connectivity index (χ2v) is 4.54. The number of aliphatic hydroxyl groups excluding tert-OH is 2. The highest BCUT2D eigenvalue weighted by Crippen LogP contribution is 2.20. The molecule has 0 fully saturated rings. The van der Waals surface area contributed by atoms with Gasteiger partial charge in [-0.25, -0.2) is 0 Å². The monoisotopic (exact) mass is 245 g/mol. The molecule has 0 aliphatic carbocycles. The van der Waals surface area contributed by atoms with Crippen molar-refractivity contribution in [3.63, 3.8) is 0 Å². The number of benzene rings is 1. The van der Waals surface area contributed by atoms with Crippen LogP contribution in [0.25, 0.3) is 0 Å². The van der Waals surface area contributed by atoms with Crippen LogP contribution in [0.5, 0.6) is 0 Å². The van der Waals surface area contributed by atoms with Crippen LogP contribution in [0.15, 0.2) is 42.5 Å². The molecule has 1 aromatic carbocycles. The molecule has 1 heterocycles. The molecule has 0 spiro atoms. The Morgan fingerprint density at radius 1 is 0.944 bits per heavy atom. The van der Waals surface area contributed by atoms with E-state index in [0.29, 0.717) is 0 Å². The quantitative estimate of drug-likeness (QED) is 0.849. The topological polar surface area (TPSA) is 45.4 Å². The normalized spacial score (nSPS) is 12.6. The predicted molar refractivity (Wildman–Crippen MR) is 71.1 cm³/mol. The van der Waals surface area contributed by atoms with Crippen molar-refractivity contribution < 1.29 is 10.2 Å². The van der Waals surface area contributed by atoms with Crippen LogP contribution in [0, 0.1) is 0 Å². The van der Waals surface area contributed by atoms with E-state index in [1.807, 2.05) is 34.9 Å². The van der Waals surface area contributed by atoms with E-state index in [2.05, 4.69) is 19.1 Å². The van der Waals surface area contributed by atoms with Crippen molar-refractivity contribution in [2.45, 2.75) is 32.6 Å². The maximum atomic E-state index is 9.34. The summed E-state index contributed by atoms with van der Waals surface area (Å²) in [5, 5.41) is 18.7. The van der Waals surface area contributed by atoms with Crippen LogP contribution >= 0.6 is 0 Å². The lowest BCUT2D eigenvalue weighted by Crippen LogP contribution is -2.14. The summed E-state index contributed by atoms with van der Waals surface area (Å²) in [5.74, 6) is 0. The lowest BCUT2D eigenvalue weighted by molar-refractivity contribution is 0.249. The summed E-state index contributed by atoms with van der Waals surface area (Å²) < 4.78 is 2.02. The van der Waals surface area contributed by atoms with Crippen LogP contribution in [0.4, 0.5) is 0 Å². The van der Waals surface area contributed by atoms with Crippen molar-refractivity contribution in [1.82, 2.24) is 4.57 Å². The zero-order valence-corrected chi connectivity index (χ0v) is 10.6. The van der Waals surface area contributed by atoms with Gasteiger partial charge in [-0.2, -0.15) is 0 Å². The summed E-state index contributed by atoms with van der Waals surface area (Å²) >= 11 is 0. The fourth-order valence-corrected chi connectivity index (χ4v) is 2.41. The Hall–Kier alpha value is -1.58. The van der Waals surface area contributed by atoms with Gasteiger partial charge in [-0.1, -0.05) is 30.3 Å². The standard InChI is InChI=1S/C15H19NO2/c1-12(9-13-5-3-2-4-6-13)16-14(10-17)7-8-15(16)11-18/h2-8,12,17-18H,9-11H2,1H3. The number of hydrogen-bond donors (Lipinski definition) is 2. The minimum atomic E-state index is -0.000863. The van der Waals surface area contributed by atoms with E-state index in [0.717, 1.165) is 17.8 Å². The zero-order valence-electron chi connectivity index (χ0n) is 10.6. The summed E-state index contributed by atoms with van der Waals surface area (Å²) in [6.45, 7) is 2.10. The molecule has 96 valence electrons. The van der Waals surface area contributed by atoms with Gasteiger partial charge in [-0.05, 0) is 31.0 Å². The number of hydrogen-bond acceptors (Lipinski definition) is 2. The number of aromatic nitrogens is 1. The van der Waals surface area contributed by atoms with Crippen LogP contribution in [0.2, 0.25) is 0 Å². The first-order valence-electron chi connectivity index (χ1n) is 6.21. The van der Waals surface area contributed by atoms with E-state index < -0.39 is 0 Å². The van der Waals surface area contributed by atoms with Gasteiger partial charge in [0.05, 0.1) is 13.2 Å². The molecule has 0 bridgehead atoms. The summed E-state index contributed by atoms with van der Waals surface area (Å²) in [4.78, 5) is 0. The highest BCUT2D eigenvalue weighted by Gasteiger charge is 2.13. The van der Waals surface area contributed by atoms with E-state index in [9.17, 15) is 10.2 Å². The van der Waals surface area contributed by atoms with Gasteiger partial charge in [0.15, 0.2) is 0 Å². The molecular formula is C15H19NO2. The van der Waals surface area contributed by atoms with Gasteiger partial charge in [-0.15, -0.1) is 0 Å². The first-order chi connectivity index (χ1) is 8.76. The molecule has 0 saturated heterocycles. The fraction of sp³-hybridized carbons (Fsp3) is 0.333. The van der Waals surface area contributed by atoms with E-state index in [-0.39, 0.29) is 19.3 Å². The van der Waals surface area contributed by atoms with Crippen molar-refractivity contribution in [3.05, 3.63) is 59.4 Å². The second kappa shape index (κ2) is 5.85. The van der Waals surface area contributed by atoms with Crippen molar-refractivity contribution >= 4 is 0 Å². The fourth-order valence-electron chi connectivity index (χ4n) is 2.41. The number of nitrogens with zero attached hydrogens (tertiary/aromatic N) is 1. The Labute approximate surface area is 107 Å². The van der Waals surface area contributed by atoms with E-state index in [1.165, 1.54) is 5.56 Å². The Bertz CT molecular complexity index is 469. The van der Waals surface area contributed by atoms with Crippen molar-refractivity contribution in [2.24, 2.45) is 0 Å². The van der Waals surface area contributed by atoms with Gasteiger partial charge in [0.1, 0.15) is 0 Å². The van der Waals surface area contributed by atoms with Crippen LogP contribution in [-0.2, 0) is 19.6 Å². The van der Waals surface area contributed by atoms with Gasteiger partial charge >= 0.3 is 0 Å². The van der Waals surface area contributed by atoms with Gasteiger partial charge in [0.2, 0.25) is 0 Å². The molecule has 18 heavy (non-hydrogen) atoms. The molecular weight excluding hydrogens is 226 g/mol. The Balaban J connectivity index is 2.22. The van der Waals surface area contributed by atoms with Gasteiger partial charge in [0, 0.05) is 17.4 Å². The Morgan fingerprint density at radius 3 is 2.00 bits per heavy atom. The lowest BCUT2D eigenvalue weighted by Gasteiger charge is -2.19. The number of aliphatic hydroxyl groups is 2. The number of rotatable bonds is 5. The van der Waals surface area contributed by atoms with E-state index in [4.69, 9.17) is 0 Å². The van der Waals surface area contributed by atoms with Gasteiger partial charge in [-0.3, -0.25) is 0 Å². The summed E-state index contributed by atoms with van der Waals surface area (Å²) in [6, 6.07) is 14.2. The molecule has 0 aliphatic rings. The Morgan fingerprint density at radius 2 is 1.50 bits per heavy atom. The summed E-state index contributed by atoms with van der Waals surface area (Å²) in [6.07, 6.45) is 0.884.